The van der Waals surface area contributed by atoms with E-state index < -0.39 is 6.10 Å². The summed E-state index contributed by atoms with van der Waals surface area (Å²) in [5.74, 6) is 0.516. The van der Waals surface area contributed by atoms with Crippen LogP contribution in [0.5, 0.6) is 5.75 Å². The molecule has 20 heavy (non-hydrogen) atoms. The lowest BCUT2D eigenvalue weighted by atomic mass is 10.1. The number of benzene rings is 1. The molecule has 4 nitrogen and oxygen atoms in total. The maximum Gasteiger partial charge on any atom is 0.223 e. The van der Waals surface area contributed by atoms with Gasteiger partial charge in [0.25, 0.3) is 0 Å². The zero-order valence-electron chi connectivity index (χ0n) is 11.5. The molecule has 0 fully saturated rings. The summed E-state index contributed by atoms with van der Waals surface area (Å²) in [4.78, 5) is 11.5. The van der Waals surface area contributed by atoms with Crippen molar-refractivity contribution in [1.29, 1.82) is 0 Å². The standard InChI is InChI=1S/C14H19Cl2NO3/c1-9(2)13(18)8-17-14(19)5-6-20-10-3-4-11(15)12(16)7-10/h3-4,7,9,13,18H,5-6,8H2,1-2H3,(H,17,19). The molecule has 1 aromatic carbocycles. The van der Waals surface area contributed by atoms with Crippen molar-refractivity contribution in [3.63, 3.8) is 0 Å². The Hall–Kier alpha value is -0.970. The minimum atomic E-state index is -0.532. The van der Waals surface area contributed by atoms with Crippen molar-refractivity contribution in [2.75, 3.05) is 13.2 Å². The van der Waals surface area contributed by atoms with Crippen LogP contribution in [0.4, 0.5) is 0 Å². The quantitative estimate of drug-likeness (QED) is 0.812. The van der Waals surface area contributed by atoms with E-state index in [-0.39, 0.29) is 31.4 Å². The molecular weight excluding hydrogens is 301 g/mol. The van der Waals surface area contributed by atoms with Gasteiger partial charge < -0.3 is 15.2 Å². The molecule has 0 aliphatic carbocycles. The monoisotopic (exact) mass is 319 g/mol. The lowest BCUT2D eigenvalue weighted by Crippen LogP contribution is -2.35. The van der Waals surface area contributed by atoms with Crippen LogP contribution in [0.2, 0.25) is 10.0 Å². The largest absolute Gasteiger partial charge is 0.493 e. The van der Waals surface area contributed by atoms with E-state index >= 15 is 0 Å². The highest BCUT2D eigenvalue weighted by molar-refractivity contribution is 6.42. The van der Waals surface area contributed by atoms with Crippen molar-refractivity contribution in [2.45, 2.75) is 26.4 Å². The Morgan fingerprint density at radius 3 is 2.65 bits per heavy atom. The highest BCUT2D eigenvalue weighted by Gasteiger charge is 2.10. The molecule has 2 N–H and O–H groups in total. The number of carbonyl (C=O) groups is 1. The molecule has 1 atom stereocenters. The Labute approximate surface area is 129 Å². The number of halogens is 2. The second-order valence-electron chi connectivity index (χ2n) is 4.79. The van der Waals surface area contributed by atoms with E-state index in [0.717, 1.165) is 0 Å². The van der Waals surface area contributed by atoms with Crippen LogP contribution >= 0.6 is 23.2 Å². The van der Waals surface area contributed by atoms with Crippen molar-refractivity contribution in [2.24, 2.45) is 5.92 Å². The summed E-state index contributed by atoms with van der Waals surface area (Å²) in [5, 5.41) is 13.1. The second-order valence-corrected chi connectivity index (χ2v) is 5.60. The molecule has 0 heterocycles. The molecule has 1 aromatic rings. The van der Waals surface area contributed by atoms with Crippen LogP contribution in [0.15, 0.2) is 18.2 Å². The highest BCUT2D eigenvalue weighted by atomic mass is 35.5. The normalized spacial score (nSPS) is 12.3. The van der Waals surface area contributed by atoms with Crippen LogP contribution in [0.1, 0.15) is 20.3 Å². The predicted molar refractivity (Wildman–Crippen MR) is 80.4 cm³/mol. The Balaban J connectivity index is 2.26. The third-order valence-corrected chi connectivity index (χ3v) is 3.51. The first-order valence-electron chi connectivity index (χ1n) is 6.42. The van der Waals surface area contributed by atoms with Gasteiger partial charge in [-0.05, 0) is 18.1 Å². The number of hydrogen-bond acceptors (Lipinski definition) is 3. The van der Waals surface area contributed by atoms with Crippen LogP contribution in [-0.2, 0) is 4.79 Å². The van der Waals surface area contributed by atoms with Crippen LogP contribution in [-0.4, -0.2) is 30.3 Å². The fourth-order valence-corrected chi connectivity index (χ4v) is 1.66. The maximum absolute atomic E-state index is 11.5. The molecule has 0 spiro atoms. The number of nitrogens with one attached hydrogen (secondary N) is 1. The first-order valence-corrected chi connectivity index (χ1v) is 7.18. The van der Waals surface area contributed by atoms with Crippen LogP contribution in [0.25, 0.3) is 0 Å². The van der Waals surface area contributed by atoms with Gasteiger partial charge in [0.1, 0.15) is 5.75 Å². The van der Waals surface area contributed by atoms with Gasteiger partial charge in [-0.1, -0.05) is 37.0 Å². The van der Waals surface area contributed by atoms with Gasteiger partial charge in [0, 0.05) is 12.6 Å². The zero-order chi connectivity index (χ0) is 15.1. The highest BCUT2D eigenvalue weighted by Crippen LogP contribution is 2.26. The summed E-state index contributed by atoms with van der Waals surface area (Å²) in [6.07, 6.45) is -0.319. The van der Waals surface area contributed by atoms with Gasteiger partial charge in [0.05, 0.1) is 29.2 Å². The topological polar surface area (TPSA) is 58.6 Å². The summed E-state index contributed by atoms with van der Waals surface area (Å²) in [6, 6.07) is 4.93. The van der Waals surface area contributed by atoms with E-state index in [9.17, 15) is 9.90 Å². The summed E-state index contributed by atoms with van der Waals surface area (Å²) in [7, 11) is 0. The molecule has 0 aromatic heterocycles. The third-order valence-electron chi connectivity index (χ3n) is 2.77. The Bertz CT molecular complexity index is 452. The molecule has 0 bridgehead atoms. The molecule has 6 heteroatoms. The number of hydrogen-bond donors (Lipinski definition) is 2. The van der Waals surface area contributed by atoms with Gasteiger partial charge in [-0.3, -0.25) is 4.79 Å². The molecule has 1 amide bonds. The lowest BCUT2D eigenvalue weighted by Gasteiger charge is -2.15. The third kappa shape index (κ3) is 5.99. The minimum Gasteiger partial charge on any atom is -0.493 e. The van der Waals surface area contributed by atoms with Crippen molar-refractivity contribution in [1.82, 2.24) is 5.32 Å². The van der Waals surface area contributed by atoms with Gasteiger partial charge in [-0.15, -0.1) is 0 Å². The van der Waals surface area contributed by atoms with Gasteiger partial charge in [0.2, 0.25) is 5.91 Å². The molecule has 0 aliphatic heterocycles. The zero-order valence-corrected chi connectivity index (χ0v) is 13.0. The van der Waals surface area contributed by atoms with Crippen molar-refractivity contribution >= 4 is 29.1 Å². The minimum absolute atomic E-state index is 0.114. The van der Waals surface area contributed by atoms with Gasteiger partial charge in [0.15, 0.2) is 0 Å². The first kappa shape index (κ1) is 17.1. The molecule has 0 saturated carbocycles. The predicted octanol–water partition coefficient (Wildman–Crippen LogP) is 2.90. The van der Waals surface area contributed by atoms with Crippen LogP contribution in [0, 0.1) is 5.92 Å². The van der Waals surface area contributed by atoms with E-state index in [1.54, 1.807) is 18.2 Å². The summed E-state index contributed by atoms with van der Waals surface area (Å²) in [5.41, 5.74) is 0. The van der Waals surface area contributed by atoms with Crippen molar-refractivity contribution in [3.8, 4) is 5.75 Å². The molecule has 0 aliphatic rings. The van der Waals surface area contributed by atoms with Gasteiger partial charge in [-0.2, -0.15) is 0 Å². The Morgan fingerprint density at radius 1 is 1.35 bits per heavy atom. The second kappa shape index (κ2) is 8.35. The summed E-state index contributed by atoms with van der Waals surface area (Å²) in [6.45, 7) is 4.28. The molecule has 1 rings (SSSR count). The fourth-order valence-electron chi connectivity index (χ4n) is 1.37. The SMILES string of the molecule is CC(C)C(O)CNC(=O)CCOc1ccc(Cl)c(Cl)c1. The number of aliphatic hydroxyl groups excluding tert-OH is 1. The molecular formula is C14H19Cl2NO3. The first-order chi connectivity index (χ1) is 9.40. The van der Waals surface area contributed by atoms with Crippen LogP contribution in [0.3, 0.4) is 0 Å². The van der Waals surface area contributed by atoms with E-state index in [4.69, 9.17) is 27.9 Å². The fraction of sp³-hybridized carbons (Fsp3) is 0.500. The average Bonchev–Trinajstić information content (AvgIpc) is 2.40. The molecule has 0 saturated heterocycles. The molecule has 0 radical (unpaired) electrons. The number of carbonyl (C=O) groups excluding carboxylic acids is 1. The average molecular weight is 320 g/mol. The van der Waals surface area contributed by atoms with Gasteiger partial charge in [-0.25, -0.2) is 0 Å². The number of aliphatic hydroxyl groups is 1. The smallest absolute Gasteiger partial charge is 0.223 e. The van der Waals surface area contributed by atoms with Crippen molar-refractivity contribution < 1.29 is 14.6 Å². The number of rotatable bonds is 7. The summed E-state index contributed by atoms with van der Waals surface area (Å²) < 4.78 is 5.40. The number of ether oxygens (including phenoxy) is 1. The Morgan fingerprint density at radius 2 is 2.05 bits per heavy atom. The van der Waals surface area contributed by atoms with E-state index in [0.29, 0.717) is 15.8 Å². The lowest BCUT2D eigenvalue weighted by molar-refractivity contribution is -0.122. The summed E-state index contributed by atoms with van der Waals surface area (Å²) >= 11 is 11.6. The Kier molecular flexibility index (Phi) is 7.13. The van der Waals surface area contributed by atoms with E-state index in [1.165, 1.54) is 0 Å². The van der Waals surface area contributed by atoms with Gasteiger partial charge >= 0.3 is 0 Å². The van der Waals surface area contributed by atoms with E-state index in [1.807, 2.05) is 13.8 Å². The van der Waals surface area contributed by atoms with Crippen LogP contribution < -0.4 is 10.1 Å². The number of amides is 1. The van der Waals surface area contributed by atoms with Crippen molar-refractivity contribution in [3.05, 3.63) is 28.2 Å². The van der Waals surface area contributed by atoms with E-state index in [2.05, 4.69) is 5.32 Å². The molecule has 1 unspecified atom stereocenters. The molecule has 112 valence electrons. The maximum atomic E-state index is 11.5.